The van der Waals surface area contributed by atoms with Gasteiger partial charge in [0, 0.05) is 36.4 Å². The van der Waals surface area contributed by atoms with Crippen LogP contribution < -0.4 is 5.32 Å². The second-order valence-corrected chi connectivity index (χ2v) is 5.55. The van der Waals surface area contributed by atoms with E-state index >= 15 is 0 Å². The molecule has 0 atom stereocenters. The van der Waals surface area contributed by atoms with Crippen LogP contribution in [0.3, 0.4) is 0 Å². The van der Waals surface area contributed by atoms with E-state index in [1.165, 1.54) is 6.92 Å². The molecule has 0 spiro atoms. The van der Waals surface area contributed by atoms with E-state index in [9.17, 15) is 4.79 Å². The van der Waals surface area contributed by atoms with Crippen molar-refractivity contribution in [2.24, 2.45) is 0 Å². The number of carbonyl (C=O) groups is 1. The number of benzene rings is 1. The van der Waals surface area contributed by atoms with Crippen LogP contribution in [0.1, 0.15) is 30.8 Å². The fourth-order valence-electron chi connectivity index (χ4n) is 2.85. The van der Waals surface area contributed by atoms with Crippen LogP contribution in [-0.4, -0.2) is 15.9 Å². The molecule has 1 aromatic carbocycles. The Kier molecular flexibility index (Phi) is 3.59. The fourth-order valence-corrected chi connectivity index (χ4v) is 2.85. The maximum atomic E-state index is 11.3. The van der Waals surface area contributed by atoms with Crippen LogP contribution in [0.4, 0.5) is 5.69 Å². The zero-order valence-electron chi connectivity index (χ0n) is 12.7. The van der Waals surface area contributed by atoms with Gasteiger partial charge in [0.05, 0.1) is 5.41 Å². The van der Waals surface area contributed by atoms with Gasteiger partial charge in [-0.3, -0.25) is 4.79 Å². The lowest BCUT2D eigenvalue weighted by Gasteiger charge is -2.29. The van der Waals surface area contributed by atoms with E-state index in [-0.39, 0.29) is 11.3 Å². The molecule has 2 heterocycles. The summed E-state index contributed by atoms with van der Waals surface area (Å²) in [5.74, 6) is -0.0707. The van der Waals surface area contributed by atoms with Crippen LogP contribution in [0.5, 0.6) is 0 Å². The summed E-state index contributed by atoms with van der Waals surface area (Å²) in [4.78, 5) is 17.9. The van der Waals surface area contributed by atoms with Crippen molar-refractivity contribution in [3.8, 4) is 0 Å². The van der Waals surface area contributed by atoms with Crippen molar-refractivity contribution >= 4 is 11.6 Å². The van der Waals surface area contributed by atoms with Gasteiger partial charge in [-0.1, -0.05) is 12.1 Å². The zero-order chi connectivity index (χ0) is 15.6. The fraction of sp³-hybridized carbons (Fsp3) is 0.167. The molecule has 22 heavy (non-hydrogen) atoms. The molecule has 0 saturated carbocycles. The van der Waals surface area contributed by atoms with E-state index in [1.807, 2.05) is 42.7 Å². The van der Waals surface area contributed by atoms with Crippen molar-refractivity contribution in [1.29, 1.82) is 0 Å². The number of aromatic nitrogens is 2. The largest absolute Gasteiger partial charge is 0.364 e. The summed E-state index contributed by atoms with van der Waals surface area (Å²) < 4.78 is 0. The first-order valence-electron chi connectivity index (χ1n) is 7.26. The number of rotatable bonds is 4. The van der Waals surface area contributed by atoms with E-state index in [4.69, 9.17) is 0 Å². The number of hydrogen-bond acceptors (Lipinski definition) is 1. The highest BCUT2D eigenvalue weighted by Crippen LogP contribution is 2.37. The summed E-state index contributed by atoms with van der Waals surface area (Å²) in [7, 11) is 0. The predicted molar refractivity (Wildman–Crippen MR) is 87.9 cm³/mol. The molecular weight excluding hydrogens is 274 g/mol. The summed E-state index contributed by atoms with van der Waals surface area (Å²) in [5, 5.41) is 2.85. The van der Waals surface area contributed by atoms with Crippen LogP contribution in [0.15, 0.2) is 60.9 Å². The van der Waals surface area contributed by atoms with Gasteiger partial charge in [0.2, 0.25) is 5.91 Å². The summed E-state index contributed by atoms with van der Waals surface area (Å²) in [6, 6.07) is 16.1. The molecule has 4 nitrogen and oxygen atoms in total. The lowest BCUT2D eigenvalue weighted by molar-refractivity contribution is -0.114. The van der Waals surface area contributed by atoms with Crippen molar-refractivity contribution in [2.75, 3.05) is 5.32 Å². The van der Waals surface area contributed by atoms with Gasteiger partial charge in [0.15, 0.2) is 0 Å². The average Bonchev–Trinajstić information content (AvgIpc) is 3.19. The Hall–Kier alpha value is -2.75. The minimum Gasteiger partial charge on any atom is -0.364 e. The molecule has 0 aliphatic rings. The Morgan fingerprint density at radius 2 is 1.64 bits per heavy atom. The lowest BCUT2D eigenvalue weighted by atomic mass is 9.76. The topological polar surface area (TPSA) is 60.7 Å². The number of carbonyl (C=O) groups excluding carboxylic acids is 1. The van der Waals surface area contributed by atoms with Crippen LogP contribution in [0.25, 0.3) is 0 Å². The molecule has 4 heteroatoms. The van der Waals surface area contributed by atoms with Crippen LogP contribution >= 0.6 is 0 Å². The summed E-state index contributed by atoms with van der Waals surface area (Å²) >= 11 is 0. The van der Waals surface area contributed by atoms with Gasteiger partial charge in [-0.15, -0.1) is 0 Å². The predicted octanol–water partition coefficient (Wildman–Crippen LogP) is 3.66. The van der Waals surface area contributed by atoms with Gasteiger partial charge in [0.1, 0.15) is 0 Å². The van der Waals surface area contributed by atoms with E-state index in [2.05, 4.69) is 40.4 Å². The third-order valence-corrected chi connectivity index (χ3v) is 4.03. The molecule has 1 amide bonds. The number of amides is 1. The minimum atomic E-state index is -0.346. The third-order valence-electron chi connectivity index (χ3n) is 4.03. The molecular formula is C18H19N3O. The normalized spacial score (nSPS) is 11.4. The molecule has 0 unspecified atom stereocenters. The summed E-state index contributed by atoms with van der Waals surface area (Å²) in [6.45, 7) is 3.68. The van der Waals surface area contributed by atoms with Crippen molar-refractivity contribution in [2.45, 2.75) is 19.3 Å². The van der Waals surface area contributed by atoms with Crippen LogP contribution in [-0.2, 0) is 10.2 Å². The summed E-state index contributed by atoms with van der Waals surface area (Å²) in [5.41, 5.74) is 3.74. The van der Waals surface area contributed by atoms with Crippen LogP contribution in [0, 0.1) is 0 Å². The van der Waals surface area contributed by atoms with E-state index in [0.717, 1.165) is 22.6 Å². The Bertz CT molecular complexity index is 723. The molecule has 0 aliphatic heterocycles. The SMILES string of the molecule is CC(=O)Nc1cccc(C(C)(c2ccc[nH]2)c2ccc[nH]2)c1. The molecule has 0 fully saturated rings. The Balaban J connectivity index is 2.13. The Labute approximate surface area is 129 Å². The van der Waals surface area contributed by atoms with Gasteiger partial charge >= 0.3 is 0 Å². The zero-order valence-corrected chi connectivity index (χ0v) is 12.7. The molecule has 0 radical (unpaired) electrons. The Morgan fingerprint density at radius 3 is 2.14 bits per heavy atom. The highest BCUT2D eigenvalue weighted by Gasteiger charge is 2.33. The van der Waals surface area contributed by atoms with E-state index in [0.29, 0.717) is 0 Å². The molecule has 0 saturated heterocycles. The highest BCUT2D eigenvalue weighted by molar-refractivity contribution is 5.88. The molecule has 0 bridgehead atoms. The van der Waals surface area contributed by atoms with Crippen molar-refractivity contribution in [3.05, 3.63) is 77.9 Å². The molecule has 3 N–H and O–H groups in total. The number of anilines is 1. The van der Waals surface area contributed by atoms with Gasteiger partial charge < -0.3 is 15.3 Å². The van der Waals surface area contributed by atoms with Gasteiger partial charge in [-0.05, 0) is 48.9 Å². The first kappa shape index (κ1) is 14.2. The first-order valence-corrected chi connectivity index (χ1v) is 7.26. The number of aromatic amines is 2. The van der Waals surface area contributed by atoms with Gasteiger partial charge in [0.25, 0.3) is 0 Å². The Morgan fingerprint density at radius 1 is 1.00 bits per heavy atom. The number of H-pyrrole nitrogens is 2. The second kappa shape index (κ2) is 5.56. The van der Waals surface area contributed by atoms with Gasteiger partial charge in [-0.25, -0.2) is 0 Å². The smallest absolute Gasteiger partial charge is 0.221 e. The number of hydrogen-bond donors (Lipinski definition) is 3. The molecule has 2 aromatic heterocycles. The maximum absolute atomic E-state index is 11.3. The number of nitrogens with one attached hydrogen (secondary N) is 3. The standard InChI is InChI=1S/C18H19N3O/c1-13(22)21-15-7-3-6-14(12-15)18(2,16-8-4-10-19-16)17-9-5-11-20-17/h3-12,19-20H,1-2H3,(H,21,22). The van der Waals surface area contributed by atoms with Crippen LogP contribution in [0.2, 0.25) is 0 Å². The summed E-state index contributed by atoms with van der Waals surface area (Å²) in [6.07, 6.45) is 3.85. The van der Waals surface area contributed by atoms with Crippen molar-refractivity contribution < 1.29 is 4.79 Å². The van der Waals surface area contributed by atoms with Crippen molar-refractivity contribution in [1.82, 2.24) is 9.97 Å². The maximum Gasteiger partial charge on any atom is 0.221 e. The molecule has 3 rings (SSSR count). The average molecular weight is 293 g/mol. The first-order chi connectivity index (χ1) is 10.6. The highest BCUT2D eigenvalue weighted by atomic mass is 16.1. The third kappa shape index (κ3) is 2.44. The van der Waals surface area contributed by atoms with E-state index < -0.39 is 0 Å². The molecule has 0 aliphatic carbocycles. The van der Waals surface area contributed by atoms with E-state index in [1.54, 1.807) is 0 Å². The second-order valence-electron chi connectivity index (χ2n) is 5.55. The monoisotopic (exact) mass is 293 g/mol. The molecule has 3 aromatic rings. The molecule has 112 valence electrons. The van der Waals surface area contributed by atoms with Gasteiger partial charge in [-0.2, -0.15) is 0 Å². The minimum absolute atomic E-state index is 0.0707. The van der Waals surface area contributed by atoms with Crippen molar-refractivity contribution in [3.63, 3.8) is 0 Å². The quantitative estimate of drug-likeness (QED) is 0.675. The lowest BCUT2D eigenvalue weighted by Crippen LogP contribution is -2.26.